The van der Waals surface area contributed by atoms with Crippen LogP contribution in [0.15, 0.2) is 16.6 Å². The molecule has 1 unspecified atom stereocenters. The quantitative estimate of drug-likeness (QED) is 0.863. The van der Waals surface area contributed by atoms with Gasteiger partial charge in [-0.3, -0.25) is 4.79 Å². The first kappa shape index (κ1) is 14.8. The van der Waals surface area contributed by atoms with Gasteiger partial charge >= 0.3 is 6.03 Å². The van der Waals surface area contributed by atoms with E-state index < -0.39 is 6.03 Å². The van der Waals surface area contributed by atoms with E-state index in [4.69, 9.17) is 5.73 Å². The third kappa shape index (κ3) is 3.12. The van der Waals surface area contributed by atoms with E-state index >= 15 is 0 Å². The summed E-state index contributed by atoms with van der Waals surface area (Å²) in [4.78, 5) is 24.9. The van der Waals surface area contributed by atoms with Gasteiger partial charge < -0.3 is 16.0 Å². The van der Waals surface area contributed by atoms with Gasteiger partial charge in [0.05, 0.1) is 0 Å². The highest BCUT2D eigenvalue weighted by Crippen LogP contribution is 2.21. The summed E-state index contributed by atoms with van der Waals surface area (Å²) in [5, 5.41) is 2.96. The molecule has 0 radical (unpaired) electrons. The third-order valence-corrected chi connectivity index (χ3v) is 4.44. The first-order valence-electron chi connectivity index (χ1n) is 6.50. The minimum atomic E-state index is -0.433. The van der Waals surface area contributed by atoms with Crippen LogP contribution >= 0.6 is 15.9 Å². The van der Waals surface area contributed by atoms with Crippen LogP contribution in [0.25, 0.3) is 0 Å². The second-order valence-electron chi connectivity index (χ2n) is 5.16. The van der Waals surface area contributed by atoms with Crippen LogP contribution in [0.1, 0.15) is 27.9 Å². The Bertz CT molecular complexity index is 560. The number of primary amides is 1. The van der Waals surface area contributed by atoms with Gasteiger partial charge in [-0.2, -0.15) is 0 Å². The summed E-state index contributed by atoms with van der Waals surface area (Å²) in [6.07, 6.45) is 0.739. The van der Waals surface area contributed by atoms with Gasteiger partial charge in [-0.1, -0.05) is 15.9 Å². The van der Waals surface area contributed by atoms with Crippen molar-refractivity contribution in [2.75, 3.05) is 13.1 Å². The number of halogens is 1. The second kappa shape index (κ2) is 5.83. The lowest BCUT2D eigenvalue weighted by Crippen LogP contribution is -2.40. The molecule has 0 spiro atoms. The molecule has 6 heteroatoms. The number of rotatable bonds is 2. The lowest BCUT2D eigenvalue weighted by molar-refractivity contribution is 0.0937. The van der Waals surface area contributed by atoms with Crippen molar-refractivity contribution in [3.05, 3.63) is 33.3 Å². The summed E-state index contributed by atoms with van der Waals surface area (Å²) in [5.74, 6) is -0.102. The minimum Gasteiger partial charge on any atom is -0.351 e. The molecule has 1 aliphatic rings. The lowest BCUT2D eigenvalue weighted by atomic mass is 10.0. The summed E-state index contributed by atoms with van der Waals surface area (Å²) < 4.78 is 0.993. The van der Waals surface area contributed by atoms with Gasteiger partial charge in [0.15, 0.2) is 0 Å². The largest absolute Gasteiger partial charge is 0.351 e. The van der Waals surface area contributed by atoms with E-state index in [1.165, 1.54) is 0 Å². The lowest BCUT2D eigenvalue weighted by Gasteiger charge is -2.16. The molecule has 5 nitrogen and oxygen atoms in total. The number of amides is 3. The van der Waals surface area contributed by atoms with Crippen LogP contribution in [-0.2, 0) is 0 Å². The number of aryl methyl sites for hydroxylation is 2. The molecule has 1 atom stereocenters. The Hall–Kier alpha value is -1.56. The second-order valence-corrected chi connectivity index (χ2v) is 6.01. The van der Waals surface area contributed by atoms with Crippen LogP contribution in [0.5, 0.6) is 0 Å². The van der Waals surface area contributed by atoms with Crippen molar-refractivity contribution in [1.29, 1.82) is 0 Å². The van der Waals surface area contributed by atoms with Crippen molar-refractivity contribution in [1.82, 2.24) is 10.2 Å². The fourth-order valence-electron chi connectivity index (χ4n) is 2.37. The van der Waals surface area contributed by atoms with E-state index in [2.05, 4.69) is 21.2 Å². The van der Waals surface area contributed by atoms with Crippen molar-refractivity contribution in [3.8, 4) is 0 Å². The number of carbonyl (C=O) groups is 2. The molecule has 1 aromatic rings. The fourth-order valence-corrected chi connectivity index (χ4v) is 2.82. The first-order valence-corrected chi connectivity index (χ1v) is 7.29. The molecule has 108 valence electrons. The van der Waals surface area contributed by atoms with Crippen LogP contribution in [0.2, 0.25) is 0 Å². The fraction of sp³-hybridized carbons (Fsp3) is 0.429. The molecule has 1 aromatic carbocycles. The highest BCUT2D eigenvalue weighted by molar-refractivity contribution is 9.10. The van der Waals surface area contributed by atoms with E-state index in [-0.39, 0.29) is 11.9 Å². The van der Waals surface area contributed by atoms with E-state index in [1.54, 1.807) is 4.90 Å². The van der Waals surface area contributed by atoms with Crippen LogP contribution in [0.3, 0.4) is 0 Å². The predicted molar refractivity (Wildman–Crippen MR) is 80.6 cm³/mol. The number of nitrogens with one attached hydrogen (secondary N) is 1. The van der Waals surface area contributed by atoms with Crippen molar-refractivity contribution in [3.63, 3.8) is 0 Å². The van der Waals surface area contributed by atoms with Gasteiger partial charge in [-0.25, -0.2) is 4.79 Å². The SMILES string of the molecule is Cc1cc(C(=O)NC2CCN(C(N)=O)C2)c(C)cc1Br. The Labute approximate surface area is 126 Å². The molecule has 0 aromatic heterocycles. The molecule has 0 bridgehead atoms. The number of urea groups is 1. The summed E-state index contributed by atoms with van der Waals surface area (Å²) in [6.45, 7) is 4.93. The van der Waals surface area contributed by atoms with E-state index in [1.807, 2.05) is 26.0 Å². The zero-order chi connectivity index (χ0) is 14.9. The van der Waals surface area contributed by atoms with Crippen LogP contribution < -0.4 is 11.1 Å². The summed E-state index contributed by atoms with van der Waals surface area (Å²) >= 11 is 3.45. The highest BCUT2D eigenvalue weighted by Gasteiger charge is 2.26. The number of hydrogen-bond donors (Lipinski definition) is 2. The predicted octanol–water partition coefficient (Wildman–Crippen LogP) is 1.95. The molecule has 20 heavy (non-hydrogen) atoms. The van der Waals surface area contributed by atoms with Gasteiger partial charge in [-0.15, -0.1) is 0 Å². The first-order chi connectivity index (χ1) is 9.38. The van der Waals surface area contributed by atoms with Gasteiger partial charge in [0.25, 0.3) is 5.91 Å². The number of carbonyl (C=O) groups excluding carboxylic acids is 2. The molecule has 0 aliphatic carbocycles. The molecule has 3 amide bonds. The Morgan fingerprint density at radius 3 is 2.65 bits per heavy atom. The van der Waals surface area contributed by atoms with Crippen molar-refractivity contribution >= 4 is 27.9 Å². The molecule has 1 heterocycles. The number of nitrogens with two attached hydrogens (primary N) is 1. The van der Waals surface area contributed by atoms with E-state index in [0.717, 1.165) is 22.0 Å². The maximum atomic E-state index is 12.3. The maximum Gasteiger partial charge on any atom is 0.314 e. The van der Waals surface area contributed by atoms with Crippen LogP contribution in [0, 0.1) is 13.8 Å². The Morgan fingerprint density at radius 2 is 2.05 bits per heavy atom. The third-order valence-electron chi connectivity index (χ3n) is 3.59. The smallest absolute Gasteiger partial charge is 0.314 e. The average molecular weight is 340 g/mol. The monoisotopic (exact) mass is 339 g/mol. The summed E-state index contributed by atoms with van der Waals surface area (Å²) in [7, 11) is 0. The van der Waals surface area contributed by atoms with Gasteiger partial charge in [0.2, 0.25) is 0 Å². The molecule has 2 rings (SSSR count). The molecular weight excluding hydrogens is 322 g/mol. The molecule has 1 saturated heterocycles. The van der Waals surface area contributed by atoms with E-state index in [0.29, 0.717) is 18.7 Å². The Kier molecular flexibility index (Phi) is 4.32. The van der Waals surface area contributed by atoms with E-state index in [9.17, 15) is 9.59 Å². The topological polar surface area (TPSA) is 75.4 Å². The zero-order valence-electron chi connectivity index (χ0n) is 11.6. The molecule has 0 saturated carbocycles. The number of likely N-dealkylation sites (tertiary alicyclic amines) is 1. The average Bonchev–Trinajstić information content (AvgIpc) is 2.82. The summed E-state index contributed by atoms with van der Waals surface area (Å²) in [6, 6.07) is 3.35. The minimum absolute atomic E-state index is 0.0293. The molecular formula is C14H18BrN3O2. The normalized spacial score (nSPS) is 18.1. The van der Waals surface area contributed by atoms with Gasteiger partial charge in [-0.05, 0) is 43.5 Å². The maximum absolute atomic E-state index is 12.3. The summed E-state index contributed by atoms with van der Waals surface area (Å²) in [5.41, 5.74) is 7.84. The highest BCUT2D eigenvalue weighted by atomic mass is 79.9. The Morgan fingerprint density at radius 1 is 1.35 bits per heavy atom. The zero-order valence-corrected chi connectivity index (χ0v) is 13.2. The van der Waals surface area contributed by atoms with Gasteiger partial charge in [0.1, 0.15) is 0 Å². The number of benzene rings is 1. The van der Waals surface area contributed by atoms with Crippen molar-refractivity contribution in [2.24, 2.45) is 5.73 Å². The van der Waals surface area contributed by atoms with Gasteiger partial charge in [0, 0.05) is 29.2 Å². The van der Waals surface area contributed by atoms with Crippen molar-refractivity contribution < 1.29 is 9.59 Å². The van der Waals surface area contributed by atoms with Crippen LogP contribution in [-0.4, -0.2) is 36.0 Å². The standard InChI is InChI=1S/C14H18BrN3O2/c1-8-6-12(15)9(2)5-11(8)13(19)17-10-3-4-18(7-10)14(16)20/h5-6,10H,3-4,7H2,1-2H3,(H2,16,20)(H,17,19). The number of nitrogens with zero attached hydrogens (tertiary/aromatic N) is 1. The van der Waals surface area contributed by atoms with Crippen LogP contribution in [0.4, 0.5) is 4.79 Å². The molecule has 1 fully saturated rings. The van der Waals surface area contributed by atoms with Crippen molar-refractivity contribution in [2.45, 2.75) is 26.3 Å². The Balaban J connectivity index is 2.06. The molecule has 1 aliphatic heterocycles. The molecule has 3 N–H and O–H groups in total. The number of hydrogen-bond acceptors (Lipinski definition) is 2.